The molecule has 0 bridgehead atoms. The second-order valence-corrected chi connectivity index (χ2v) is 7.90. The van der Waals surface area contributed by atoms with Gasteiger partial charge in [0, 0.05) is 23.9 Å². The number of carbonyl (C=O) groups excluding carboxylic acids is 1. The summed E-state index contributed by atoms with van der Waals surface area (Å²) in [5.74, 6) is -4.85. The number of nitrogens with zero attached hydrogens (tertiary/aromatic N) is 2. The summed E-state index contributed by atoms with van der Waals surface area (Å²) in [6.07, 6.45) is 1.70. The predicted octanol–water partition coefficient (Wildman–Crippen LogP) is 3.21. The number of halogens is 5. The molecule has 3 aliphatic rings. The number of amides is 1. The summed E-state index contributed by atoms with van der Waals surface area (Å²) in [6.45, 7) is 0.953. The topological polar surface area (TPSA) is 63.7 Å². The van der Waals surface area contributed by atoms with Gasteiger partial charge in [0.05, 0.1) is 13.2 Å². The van der Waals surface area contributed by atoms with E-state index in [4.69, 9.17) is 9.47 Å². The number of fused-ring (bicyclic) bond motifs is 1. The first-order chi connectivity index (χ1) is 13.3. The van der Waals surface area contributed by atoms with Gasteiger partial charge in [0.25, 0.3) is 11.8 Å². The number of ether oxygens (including phenoxy) is 2. The van der Waals surface area contributed by atoms with Crippen LogP contribution in [0.2, 0.25) is 0 Å². The number of methoxy groups -OCH3 is 1. The number of likely N-dealkylation sites (N-methyl/N-ethyl adjacent to an activating group) is 1. The van der Waals surface area contributed by atoms with Crippen molar-refractivity contribution in [1.29, 1.82) is 0 Å². The Kier molecular flexibility index (Phi) is 7.74. The number of rotatable bonds is 6. The first-order valence-corrected chi connectivity index (χ1v) is 9.57. The Balaban J connectivity index is 0.00000160. The molecule has 6 nitrogen and oxygen atoms in total. The van der Waals surface area contributed by atoms with Crippen LogP contribution in [0.5, 0.6) is 11.8 Å². The SMILES string of the molecule is COc1nc(OC2CC3C(C2)C3(F)F)c(F)cc1CNC(=O)C1CCCN1C.Cl.Cl. The average molecular weight is 472 g/mol. The molecule has 0 radical (unpaired) electrons. The van der Waals surface area contributed by atoms with Gasteiger partial charge in [-0.25, -0.2) is 13.2 Å². The van der Waals surface area contributed by atoms with E-state index in [1.54, 1.807) is 0 Å². The average Bonchev–Trinajstić information content (AvgIpc) is 3.08. The Labute approximate surface area is 185 Å². The van der Waals surface area contributed by atoms with E-state index in [0.717, 1.165) is 19.4 Å². The summed E-state index contributed by atoms with van der Waals surface area (Å²) in [4.78, 5) is 18.3. The van der Waals surface area contributed by atoms with Crippen molar-refractivity contribution in [3.8, 4) is 11.8 Å². The lowest BCUT2D eigenvalue weighted by Gasteiger charge is -2.20. The molecule has 1 aromatic rings. The predicted molar refractivity (Wildman–Crippen MR) is 108 cm³/mol. The fourth-order valence-electron chi connectivity index (χ4n) is 4.44. The summed E-state index contributed by atoms with van der Waals surface area (Å²) < 4.78 is 51.8. The van der Waals surface area contributed by atoms with Crippen molar-refractivity contribution in [3.05, 3.63) is 17.4 Å². The van der Waals surface area contributed by atoms with Gasteiger partial charge in [0.1, 0.15) is 6.10 Å². The van der Waals surface area contributed by atoms with Gasteiger partial charge in [-0.2, -0.15) is 4.98 Å². The minimum absolute atomic E-state index is 0. The van der Waals surface area contributed by atoms with E-state index < -0.39 is 29.7 Å². The van der Waals surface area contributed by atoms with Crippen molar-refractivity contribution in [2.75, 3.05) is 20.7 Å². The van der Waals surface area contributed by atoms with Crippen molar-refractivity contribution in [2.45, 2.75) is 50.3 Å². The Morgan fingerprint density at radius 3 is 2.53 bits per heavy atom. The molecule has 3 fully saturated rings. The number of aromatic nitrogens is 1. The molecule has 0 spiro atoms. The number of hydrogen-bond acceptors (Lipinski definition) is 5. The first-order valence-electron chi connectivity index (χ1n) is 9.57. The van der Waals surface area contributed by atoms with Crippen LogP contribution in [0.4, 0.5) is 13.2 Å². The van der Waals surface area contributed by atoms with E-state index >= 15 is 0 Å². The normalized spacial score (nSPS) is 28.7. The van der Waals surface area contributed by atoms with E-state index in [0.29, 0.717) is 5.56 Å². The molecule has 2 saturated carbocycles. The van der Waals surface area contributed by atoms with Gasteiger partial charge >= 0.3 is 0 Å². The van der Waals surface area contributed by atoms with Crippen LogP contribution in [0.15, 0.2) is 6.07 Å². The molecule has 2 heterocycles. The van der Waals surface area contributed by atoms with Crippen LogP contribution in [0.1, 0.15) is 31.2 Å². The molecule has 170 valence electrons. The van der Waals surface area contributed by atoms with Crippen LogP contribution in [-0.4, -0.2) is 54.6 Å². The van der Waals surface area contributed by atoms with Crippen molar-refractivity contribution in [2.24, 2.45) is 11.8 Å². The lowest BCUT2D eigenvalue weighted by Crippen LogP contribution is -2.41. The Morgan fingerprint density at radius 1 is 1.30 bits per heavy atom. The highest BCUT2D eigenvalue weighted by atomic mass is 35.5. The number of alkyl halides is 2. The molecule has 30 heavy (non-hydrogen) atoms. The van der Waals surface area contributed by atoms with Crippen LogP contribution >= 0.6 is 24.8 Å². The highest BCUT2D eigenvalue weighted by Crippen LogP contribution is 2.64. The van der Waals surface area contributed by atoms with Crippen molar-refractivity contribution >= 4 is 30.7 Å². The smallest absolute Gasteiger partial charge is 0.254 e. The minimum Gasteiger partial charge on any atom is -0.481 e. The van der Waals surface area contributed by atoms with Gasteiger partial charge in [0.15, 0.2) is 5.82 Å². The molecule has 11 heteroatoms. The van der Waals surface area contributed by atoms with Crippen LogP contribution in [0, 0.1) is 17.7 Å². The molecular formula is C19H26Cl2F3N3O3. The largest absolute Gasteiger partial charge is 0.481 e. The third-order valence-electron chi connectivity index (χ3n) is 6.13. The van der Waals surface area contributed by atoms with Gasteiger partial charge in [0.2, 0.25) is 11.8 Å². The second-order valence-electron chi connectivity index (χ2n) is 7.90. The monoisotopic (exact) mass is 471 g/mol. The van der Waals surface area contributed by atoms with Gasteiger partial charge in [-0.05, 0) is 45.3 Å². The Bertz CT molecular complexity index is 773. The summed E-state index contributed by atoms with van der Waals surface area (Å²) in [6, 6.07) is 1.03. The van der Waals surface area contributed by atoms with E-state index in [2.05, 4.69) is 10.3 Å². The van der Waals surface area contributed by atoms with Crippen LogP contribution in [-0.2, 0) is 11.3 Å². The maximum absolute atomic E-state index is 14.5. The lowest BCUT2D eigenvalue weighted by atomic mass is 10.2. The molecule has 3 atom stereocenters. The van der Waals surface area contributed by atoms with E-state index in [-0.39, 0.29) is 67.9 Å². The van der Waals surface area contributed by atoms with Crippen molar-refractivity contribution in [3.63, 3.8) is 0 Å². The molecule has 1 N–H and O–H groups in total. The zero-order valence-electron chi connectivity index (χ0n) is 16.7. The highest BCUT2D eigenvalue weighted by molar-refractivity contribution is 5.85. The Hall–Kier alpha value is -1.45. The van der Waals surface area contributed by atoms with Gasteiger partial charge in [-0.3, -0.25) is 9.69 Å². The molecule has 3 unspecified atom stereocenters. The van der Waals surface area contributed by atoms with Crippen LogP contribution in [0.3, 0.4) is 0 Å². The van der Waals surface area contributed by atoms with E-state index in [1.165, 1.54) is 13.2 Å². The maximum Gasteiger partial charge on any atom is 0.254 e. The lowest BCUT2D eigenvalue weighted by molar-refractivity contribution is -0.125. The van der Waals surface area contributed by atoms with Crippen molar-refractivity contribution in [1.82, 2.24) is 15.2 Å². The number of carbonyl (C=O) groups is 1. The fraction of sp³-hybridized carbons (Fsp3) is 0.684. The first kappa shape index (κ1) is 24.8. The highest BCUT2D eigenvalue weighted by Gasteiger charge is 2.72. The minimum atomic E-state index is -2.60. The zero-order chi connectivity index (χ0) is 20.1. The van der Waals surface area contributed by atoms with Gasteiger partial charge in [-0.1, -0.05) is 0 Å². The molecule has 1 amide bonds. The fourth-order valence-corrected chi connectivity index (χ4v) is 4.44. The van der Waals surface area contributed by atoms with Gasteiger partial charge < -0.3 is 14.8 Å². The molecule has 1 aromatic heterocycles. The molecule has 1 aliphatic heterocycles. The number of hydrogen-bond donors (Lipinski definition) is 1. The molecular weight excluding hydrogens is 446 g/mol. The molecule has 4 rings (SSSR count). The standard InChI is InChI=1S/C19H24F3N3O3.2ClH/c1-25-5-3-4-15(25)16(26)23-9-10-6-14(20)18(24-17(10)27-2)28-11-7-12-13(8-11)19(12,21)22;;/h6,11-13,15H,3-5,7-9H2,1-2H3,(H,23,26);2*1H. The third kappa shape index (κ3) is 4.57. The van der Waals surface area contributed by atoms with Crippen LogP contribution in [0.25, 0.3) is 0 Å². The zero-order valence-corrected chi connectivity index (χ0v) is 18.3. The number of nitrogens with one attached hydrogen (secondary N) is 1. The van der Waals surface area contributed by atoms with E-state index in [9.17, 15) is 18.0 Å². The summed E-state index contributed by atoms with van der Waals surface area (Å²) >= 11 is 0. The number of pyridine rings is 1. The molecule has 0 aromatic carbocycles. The van der Waals surface area contributed by atoms with E-state index in [1.807, 2.05) is 11.9 Å². The summed E-state index contributed by atoms with van der Waals surface area (Å²) in [5, 5.41) is 2.80. The molecule has 2 aliphatic carbocycles. The molecule has 1 saturated heterocycles. The van der Waals surface area contributed by atoms with Crippen LogP contribution < -0.4 is 14.8 Å². The number of likely N-dealkylation sites (tertiary alicyclic amines) is 1. The Morgan fingerprint density at radius 2 is 1.97 bits per heavy atom. The maximum atomic E-state index is 14.5. The summed E-state index contributed by atoms with van der Waals surface area (Å²) in [5.41, 5.74) is 0.391. The second kappa shape index (κ2) is 9.36. The quantitative estimate of drug-likeness (QED) is 0.689. The van der Waals surface area contributed by atoms with Gasteiger partial charge in [-0.15, -0.1) is 24.8 Å². The third-order valence-corrected chi connectivity index (χ3v) is 6.13. The van der Waals surface area contributed by atoms with Crippen molar-refractivity contribution < 1.29 is 27.4 Å². The summed E-state index contributed by atoms with van der Waals surface area (Å²) in [7, 11) is 3.29.